The molecule has 0 atom stereocenters. The van der Waals surface area contributed by atoms with Crippen molar-refractivity contribution in [2.45, 2.75) is 78.1 Å². The van der Waals surface area contributed by atoms with Crippen molar-refractivity contribution in [3.05, 3.63) is 48.0 Å². The van der Waals surface area contributed by atoms with E-state index in [-0.39, 0.29) is 0 Å². The maximum absolute atomic E-state index is 6.06. The van der Waals surface area contributed by atoms with Gasteiger partial charge in [0.2, 0.25) is 0 Å². The van der Waals surface area contributed by atoms with Crippen LogP contribution >= 0.6 is 0 Å². The van der Waals surface area contributed by atoms with Crippen LogP contribution in [0.2, 0.25) is 0 Å². The predicted octanol–water partition coefficient (Wildman–Crippen LogP) is 6.01. The number of benzene rings is 1. The topological polar surface area (TPSA) is 104 Å². The van der Waals surface area contributed by atoms with Crippen LogP contribution < -0.4 is 11.5 Å². The summed E-state index contributed by atoms with van der Waals surface area (Å²) in [4.78, 5) is 18.3. The second-order valence-electron chi connectivity index (χ2n) is 8.37. The Morgan fingerprint density at radius 1 is 0.594 bits per heavy atom. The molecule has 4 N–H and O–H groups in total. The monoisotopic (exact) mass is 432 g/mol. The smallest absolute Gasteiger partial charge is 0.145 e. The Kier molecular flexibility index (Phi) is 8.96. The Morgan fingerprint density at radius 3 is 1.38 bits per heavy atom. The fraction of sp³-hybridized carbons (Fsp3) is 0.462. The molecule has 0 radical (unpaired) electrons. The first-order valence-electron chi connectivity index (χ1n) is 12.0. The summed E-state index contributed by atoms with van der Waals surface area (Å²) in [6.07, 6.45) is 14.7. The van der Waals surface area contributed by atoms with Crippen LogP contribution in [0.5, 0.6) is 0 Å². The second-order valence-corrected chi connectivity index (χ2v) is 8.37. The molecule has 0 saturated heterocycles. The Balaban J connectivity index is 1.72. The van der Waals surface area contributed by atoms with Crippen LogP contribution in [0.15, 0.2) is 36.7 Å². The molecule has 2 heterocycles. The maximum Gasteiger partial charge on any atom is 0.145 e. The summed E-state index contributed by atoms with van der Waals surface area (Å²) in [6, 6.07) is 8.20. The minimum Gasteiger partial charge on any atom is -0.382 e. The first kappa shape index (κ1) is 23.6. The van der Waals surface area contributed by atoms with Crippen molar-refractivity contribution >= 4 is 11.6 Å². The summed E-state index contributed by atoms with van der Waals surface area (Å²) < 4.78 is 0. The SMILES string of the molecule is CCCCCCc1nc(-c2ccc(-c3cnc(N)c(CCCCCC)n3)cc2)cnc1N. The van der Waals surface area contributed by atoms with Crippen LogP contribution in [0, 0.1) is 0 Å². The van der Waals surface area contributed by atoms with Crippen LogP contribution in [0.4, 0.5) is 11.6 Å². The Morgan fingerprint density at radius 2 is 1.00 bits per heavy atom. The first-order chi connectivity index (χ1) is 15.6. The number of hydrogen-bond donors (Lipinski definition) is 2. The number of anilines is 2. The molecule has 0 saturated carbocycles. The van der Waals surface area contributed by atoms with E-state index in [9.17, 15) is 0 Å². The quantitative estimate of drug-likeness (QED) is 0.340. The van der Waals surface area contributed by atoms with Gasteiger partial charge in [0.05, 0.1) is 35.2 Å². The predicted molar refractivity (Wildman–Crippen MR) is 133 cm³/mol. The summed E-state index contributed by atoms with van der Waals surface area (Å²) in [5.41, 5.74) is 17.6. The van der Waals surface area contributed by atoms with Crippen molar-refractivity contribution in [3.63, 3.8) is 0 Å². The van der Waals surface area contributed by atoms with Crippen molar-refractivity contribution in [3.8, 4) is 22.5 Å². The highest BCUT2D eigenvalue weighted by Gasteiger charge is 2.10. The Bertz CT molecular complexity index is 904. The van der Waals surface area contributed by atoms with Gasteiger partial charge < -0.3 is 11.5 Å². The molecule has 3 rings (SSSR count). The molecule has 170 valence electrons. The van der Waals surface area contributed by atoms with Gasteiger partial charge in [-0.2, -0.15) is 0 Å². The highest BCUT2D eigenvalue weighted by molar-refractivity contribution is 5.67. The second kappa shape index (κ2) is 12.1. The number of nitrogens with two attached hydrogens (primary N) is 2. The number of aromatic nitrogens is 4. The standard InChI is InChI=1S/C26H36N6/c1-3-5-7-9-11-21-25(27)29-17-23(31-21)19-13-15-20(16-14-19)24-18-30-26(28)22(32-24)12-10-8-6-4-2/h13-18H,3-12H2,1-2H3,(H2,27,29)(H2,28,30). The molecule has 0 amide bonds. The molecule has 0 unspecified atom stereocenters. The third kappa shape index (κ3) is 6.49. The van der Waals surface area contributed by atoms with Crippen molar-refractivity contribution in [2.24, 2.45) is 0 Å². The van der Waals surface area contributed by atoms with Gasteiger partial charge in [-0.05, 0) is 25.7 Å². The molecule has 0 aliphatic carbocycles. The highest BCUT2D eigenvalue weighted by atomic mass is 14.9. The fourth-order valence-corrected chi connectivity index (χ4v) is 3.77. The largest absolute Gasteiger partial charge is 0.382 e. The molecule has 0 aliphatic rings. The number of nitrogen functional groups attached to an aromatic ring is 2. The molecule has 6 nitrogen and oxygen atoms in total. The van der Waals surface area contributed by atoms with Crippen LogP contribution in [0.1, 0.15) is 76.6 Å². The van der Waals surface area contributed by atoms with Crippen molar-refractivity contribution in [1.29, 1.82) is 0 Å². The van der Waals surface area contributed by atoms with E-state index in [0.29, 0.717) is 11.6 Å². The summed E-state index contributed by atoms with van der Waals surface area (Å²) in [6.45, 7) is 4.42. The van der Waals surface area contributed by atoms with Gasteiger partial charge in [0.1, 0.15) is 11.6 Å². The van der Waals surface area contributed by atoms with Gasteiger partial charge >= 0.3 is 0 Å². The van der Waals surface area contributed by atoms with Crippen molar-refractivity contribution in [2.75, 3.05) is 11.5 Å². The number of aryl methyl sites for hydroxylation is 2. The van der Waals surface area contributed by atoms with Crippen LogP contribution in [-0.2, 0) is 12.8 Å². The van der Waals surface area contributed by atoms with Crippen LogP contribution in [-0.4, -0.2) is 19.9 Å². The van der Waals surface area contributed by atoms with E-state index in [1.807, 2.05) is 0 Å². The Hall–Kier alpha value is -3.02. The summed E-state index contributed by atoms with van der Waals surface area (Å²) in [5, 5.41) is 0. The van der Waals surface area contributed by atoms with Gasteiger partial charge in [0, 0.05) is 11.1 Å². The number of unbranched alkanes of at least 4 members (excludes halogenated alkanes) is 6. The minimum absolute atomic E-state index is 0.533. The summed E-state index contributed by atoms with van der Waals surface area (Å²) >= 11 is 0. The van der Waals surface area contributed by atoms with E-state index in [0.717, 1.165) is 59.6 Å². The lowest BCUT2D eigenvalue weighted by Gasteiger charge is -2.09. The van der Waals surface area contributed by atoms with Gasteiger partial charge in [0.15, 0.2) is 0 Å². The van der Waals surface area contributed by atoms with E-state index in [1.165, 1.54) is 38.5 Å². The van der Waals surface area contributed by atoms with E-state index in [1.54, 1.807) is 12.4 Å². The van der Waals surface area contributed by atoms with Gasteiger partial charge in [-0.3, -0.25) is 0 Å². The minimum atomic E-state index is 0.533. The molecule has 0 fully saturated rings. The third-order valence-corrected chi connectivity index (χ3v) is 5.76. The van der Waals surface area contributed by atoms with E-state index in [2.05, 4.69) is 48.1 Å². The van der Waals surface area contributed by atoms with Gasteiger partial charge in [-0.15, -0.1) is 0 Å². The molecule has 0 spiro atoms. The molecule has 1 aromatic carbocycles. The first-order valence-corrected chi connectivity index (χ1v) is 12.0. The molecular weight excluding hydrogens is 396 g/mol. The van der Waals surface area contributed by atoms with Crippen molar-refractivity contribution < 1.29 is 0 Å². The molecule has 32 heavy (non-hydrogen) atoms. The highest BCUT2D eigenvalue weighted by Crippen LogP contribution is 2.25. The Labute approximate surface area is 191 Å². The maximum atomic E-state index is 6.06. The van der Waals surface area contributed by atoms with Crippen LogP contribution in [0.25, 0.3) is 22.5 Å². The van der Waals surface area contributed by atoms with E-state index >= 15 is 0 Å². The van der Waals surface area contributed by atoms with E-state index in [4.69, 9.17) is 21.4 Å². The normalized spacial score (nSPS) is 11.1. The molecular formula is C26H36N6. The lowest BCUT2D eigenvalue weighted by molar-refractivity contribution is 0.660. The fourth-order valence-electron chi connectivity index (χ4n) is 3.77. The third-order valence-electron chi connectivity index (χ3n) is 5.76. The summed E-state index contributed by atoms with van der Waals surface area (Å²) in [5.74, 6) is 1.07. The molecule has 3 aromatic rings. The lowest BCUT2D eigenvalue weighted by Crippen LogP contribution is -2.03. The number of rotatable bonds is 12. The average Bonchev–Trinajstić information content (AvgIpc) is 2.82. The average molecular weight is 433 g/mol. The lowest BCUT2D eigenvalue weighted by atomic mass is 10.1. The van der Waals surface area contributed by atoms with Gasteiger partial charge in [0.25, 0.3) is 0 Å². The van der Waals surface area contributed by atoms with Crippen LogP contribution in [0.3, 0.4) is 0 Å². The zero-order valence-electron chi connectivity index (χ0n) is 19.5. The summed E-state index contributed by atoms with van der Waals surface area (Å²) in [7, 11) is 0. The number of nitrogens with zero attached hydrogens (tertiary/aromatic N) is 4. The molecule has 0 bridgehead atoms. The number of hydrogen-bond acceptors (Lipinski definition) is 6. The van der Waals surface area contributed by atoms with E-state index < -0.39 is 0 Å². The molecule has 0 aliphatic heterocycles. The van der Waals surface area contributed by atoms with Gasteiger partial charge in [-0.25, -0.2) is 19.9 Å². The zero-order valence-corrected chi connectivity index (χ0v) is 19.5. The molecule has 2 aromatic heterocycles. The van der Waals surface area contributed by atoms with Gasteiger partial charge in [-0.1, -0.05) is 76.6 Å². The zero-order chi connectivity index (χ0) is 22.8. The molecule has 6 heteroatoms. The van der Waals surface area contributed by atoms with Crippen molar-refractivity contribution in [1.82, 2.24) is 19.9 Å².